The highest BCUT2D eigenvalue weighted by Gasteiger charge is 2.13. The van der Waals surface area contributed by atoms with E-state index in [-0.39, 0.29) is 5.69 Å². The summed E-state index contributed by atoms with van der Waals surface area (Å²) in [5, 5.41) is 20.1. The Morgan fingerprint density at radius 3 is 2.71 bits per heavy atom. The van der Waals surface area contributed by atoms with Crippen LogP contribution in [0.2, 0.25) is 0 Å². The molecule has 1 rings (SSSR count). The van der Waals surface area contributed by atoms with Crippen molar-refractivity contribution in [3.63, 3.8) is 0 Å². The van der Waals surface area contributed by atoms with Crippen LogP contribution in [0, 0.1) is 17.0 Å². The van der Waals surface area contributed by atoms with E-state index in [0.717, 1.165) is 0 Å². The number of nitrogens with zero attached hydrogens (tertiary/aromatic N) is 1. The summed E-state index contributed by atoms with van der Waals surface area (Å²) in [5.41, 5.74) is 1.28. The SMILES string of the molecule is CCC(O)c1ccc(C)c([N+](=O)[O-])c1. The Hall–Kier alpha value is -1.42. The fraction of sp³-hybridized carbons (Fsp3) is 0.400. The van der Waals surface area contributed by atoms with Gasteiger partial charge in [0.25, 0.3) is 5.69 Å². The molecule has 0 aliphatic heterocycles. The molecule has 0 fully saturated rings. The van der Waals surface area contributed by atoms with Gasteiger partial charge in [0.15, 0.2) is 0 Å². The van der Waals surface area contributed by atoms with Gasteiger partial charge in [0.2, 0.25) is 0 Å². The van der Waals surface area contributed by atoms with E-state index in [9.17, 15) is 15.2 Å². The lowest BCUT2D eigenvalue weighted by Gasteiger charge is -2.08. The van der Waals surface area contributed by atoms with Crippen molar-refractivity contribution in [1.29, 1.82) is 0 Å². The van der Waals surface area contributed by atoms with Crippen LogP contribution in [0.4, 0.5) is 5.69 Å². The van der Waals surface area contributed by atoms with E-state index in [0.29, 0.717) is 17.5 Å². The topological polar surface area (TPSA) is 63.4 Å². The van der Waals surface area contributed by atoms with E-state index < -0.39 is 11.0 Å². The van der Waals surface area contributed by atoms with Crippen LogP contribution in [-0.4, -0.2) is 10.0 Å². The molecule has 0 radical (unpaired) electrons. The van der Waals surface area contributed by atoms with Gasteiger partial charge in [-0.1, -0.05) is 19.1 Å². The van der Waals surface area contributed by atoms with Crippen molar-refractivity contribution in [2.45, 2.75) is 26.4 Å². The Labute approximate surface area is 82.3 Å². The highest BCUT2D eigenvalue weighted by atomic mass is 16.6. The van der Waals surface area contributed by atoms with Crippen molar-refractivity contribution in [3.8, 4) is 0 Å². The van der Waals surface area contributed by atoms with Crippen molar-refractivity contribution in [2.24, 2.45) is 0 Å². The number of aliphatic hydroxyl groups excluding tert-OH is 1. The summed E-state index contributed by atoms with van der Waals surface area (Å²) in [6.07, 6.45) is -0.0606. The van der Waals surface area contributed by atoms with Crippen LogP contribution in [0.1, 0.15) is 30.6 Å². The van der Waals surface area contributed by atoms with Gasteiger partial charge >= 0.3 is 0 Å². The van der Waals surface area contributed by atoms with Gasteiger partial charge in [-0.25, -0.2) is 0 Å². The number of nitro benzene ring substituents is 1. The molecule has 0 bridgehead atoms. The molecule has 0 aliphatic carbocycles. The van der Waals surface area contributed by atoms with Crippen LogP contribution in [0.15, 0.2) is 18.2 Å². The average Bonchev–Trinajstić information content (AvgIpc) is 2.17. The number of nitro groups is 1. The second-order valence-corrected chi connectivity index (χ2v) is 3.23. The second kappa shape index (κ2) is 4.19. The molecule has 0 saturated heterocycles. The van der Waals surface area contributed by atoms with E-state index >= 15 is 0 Å². The lowest BCUT2D eigenvalue weighted by Crippen LogP contribution is -1.98. The summed E-state index contributed by atoms with van der Waals surface area (Å²) in [5.74, 6) is 0. The molecule has 1 atom stereocenters. The standard InChI is InChI=1S/C10H13NO3/c1-3-10(12)8-5-4-7(2)9(6-8)11(13)14/h4-6,10,12H,3H2,1-2H3. The monoisotopic (exact) mass is 195 g/mol. The molecule has 76 valence electrons. The molecule has 1 N–H and O–H groups in total. The summed E-state index contributed by atoms with van der Waals surface area (Å²) in [4.78, 5) is 10.2. The van der Waals surface area contributed by atoms with Crippen LogP contribution < -0.4 is 0 Å². The fourth-order valence-electron chi connectivity index (χ4n) is 1.27. The van der Waals surface area contributed by atoms with Gasteiger partial charge in [-0.05, 0) is 18.9 Å². The zero-order valence-corrected chi connectivity index (χ0v) is 8.23. The molecule has 4 heteroatoms. The highest BCUT2D eigenvalue weighted by molar-refractivity contribution is 5.42. The van der Waals surface area contributed by atoms with E-state index in [1.807, 2.05) is 6.92 Å². The molecule has 1 aromatic rings. The maximum Gasteiger partial charge on any atom is 0.272 e. The first-order valence-corrected chi connectivity index (χ1v) is 4.49. The fourth-order valence-corrected chi connectivity index (χ4v) is 1.27. The minimum Gasteiger partial charge on any atom is -0.388 e. The molecule has 0 aliphatic rings. The van der Waals surface area contributed by atoms with Gasteiger partial charge in [0.1, 0.15) is 0 Å². The molecule has 4 nitrogen and oxygen atoms in total. The molecule has 1 aromatic carbocycles. The van der Waals surface area contributed by atoms with Gasteiger partial charge in [0.05, 0.1) is 11.0 Å². The van der Waals surface area contributed by atoms with Crippen molar-refractivity contribution in [3.05, 3.63) is 39.4 Å². The average molecular weight is 195 g/mol. The largest absolute Gasteiger partial charge is 0.388 e. The number of aliphatic hydroxyl groups is 1. The summed E-state index contributed by atoms with van der Waals surface area (Å²) in [6, 6.07) is 4.81. The number of rotatable bonds is 3. The summed E-state index contributed by atoms with van der Waals surface area (Å²) >= 11 is 0. The number of hydrogen-bond acceptors (Lipinski definition) is 3. The second-order valence-electron chi connectivity index (χ2n) is 3.23. The van der Waals surface area contributed by atoms with Gasteiger partial charge in [0, 0.05) is 11.6 Å². The molecule has 14 heavy (non-hydrogen) atoms. The van der Waals surface area contributed by atoms with E-state index in [1.54, 1.807) is 19.1 Å². The van der Waals surface area contributed by atoms with Crippen molar-refractivity contribution in [2.75, 3.05) is 0 Å². The summed E-state index contributed by atoms with van der Waals surface area (Å²) in [7, 11) is 0. The van der Waals surface area contributed by atoms with Crippen LogP contribution in [0.5, 0.6) is 0 Å². The van der Waals surface area contributed by atoms with E-state index in [4.69, 9.17) is 0 Å². The zero-order valence-electron chi connectivity index (χ0n) is 8.23. The Kier molecular flexibility index (Phi) is 3.19. The van der Waals surface area contributed by atoms with Gasteiger partial charge in [-0.3, -0.25) is 10.1 Å². The van der Waals surface area contributed by atoms with Crippen LogP contribution in [0.3, 0.4) is 0 Å². The van der Waals surface area contributed by atoms with Gasteiger partial charge in [-0.15, -0.1) is 0 Å². The molecule has 0 heterocycles. The molecular weight excluding hydrogens is 182 g/mol. The first kappa shape index (κ1) is 10.7. The number of aryl methyl sites for hydroxylation is 1. The minimum atomic E-state index is -0.616. The van der Waals surface area contributed by atoms with Crippen molar-refractivity contribution < 1.29 is 10.0 Å². The van der Waals surface area contributed by atoms with Gasteiger partial charge < -0.3 is 5.11 Å². The normalized spacial score (nSPS) is 12.5. The van der Waals surface area contributed by atoms with Crippen LogP contribution in [0.25, 0.3) is 0 Å². The van der Waals surface area contributed by atoms with E-state index in [1.165, 1.54) is 6.07 Å². The van der Waals surface area contributed by atoms with Crippen LogP contribution >= 0.6 is 0 Å². The number of benzene rings is 1. The molecule has 1 unspecified atom stereocenters. The zero-order chi connectivity index (χ0) is 10.7. The molecule has 0 spiro atoms. The third-order valence-electron chi connectivity index (χ3n) is 2.20. The first-order valence-electron chi connectivity index (χ1n) is 4.49. The summed E-state index contributed by atoms with van der Waals surface area (Å²) in [6.45, 7) is 3.51. The Morgan fingerprint density at radius 2 is 2.21 bits per heavy atom. The Morgan fingerprint density at radius 1 is 1.57 bits per heavy atom. The van der Waals surface area contributed by atoms with Gasteiger partial charge in [-0.2, -0.15) is 0 Å². The lowest BCUT2D eigenvalue weighted by atomic mass is 10.0. The Balaban J connectivity index is 3.12. The number of hydrogen-bond donors (Lipinski definition) is 1. The summed E-state index contributed by atoms with van der Waals surface area (Å²) < 4.78 is 0. The third kappa shape index (κ3) is 2.09. The predicted octanol–water partition coefficient (Wildman–Crippen LogP) is 2.35. The first-order chi connectivity index (χ1) is 6.56. The molecule has 0 aromatic heterocycles. The Bertz CT molecular complexity index is 349. The molecule has 0 saturated carbocycles. The van der Waals surface area contributed by atoms with Crippen molar-refractivity contribution >= 4 is 5.69 Å². The maximum atomic E-state index is 10.6. The third-order valence-corrected chi connectivity index (χ3v) is 2.20. The van der Waals surface area contributed by atoms with E-state index in [2.05, 4.69) is 0 Å². The molecule has 0 amide bonds. The minimum absolute atomic E-state index is 0.0648. The quantitative estimate of drug-likeness (QED) is 0.594. The highest BCUT2D eigenvalue weighted by Crippen LogP contribution is 2.24. The maximum absolute atomic E-state index is 10.6. The predicted molar refractivity (Wildman–Crippen MR) is 53.1 cm³/mol. The molecular formula is C10H13NO3. The smallest absolute Gasteiger partial charge is 0.272 e. The lowest BCUT2D eigenvalue weighted by molar-refractivity contribution is -0.385. The van der Waals surface area contributed by atoms with Crippen LogP contribution in [-0.2, 0) is 0 Å². The van der Waals surface area contributed by atoms with Crippen molar-refractivity contribution in [1.82, 2.24) is 0 Å².